The molecule has 2 fully saturated rings. The molecule has 1 saturated carbocycles. The first-order valence-corrected chi connectivity index (χ1v) is 8.20. The number of nitrogens with one attached hydrogen (secondary N) is 1. The van der Waals surface area contributed by atoms with Gasteiger partial charge in [-0.15, -0.1) is 0 Å². The van der Waals surface area contributed by atoms with Crippen LogP contribution in [-0.4, -0.2) is 61.7 Å². The minimum Gasteiger partial charge on any atom is -0.395 e. The zero-order chi connectivity index (χ0) is 13.2. The highest BCUT2D eigenvalue weighted by Gasteiger charge is 2.33. The summed E-state index contributed by atoms with van der Waals surface area (Å²) in [5, 5.41) is 11.7. The molecule has 7 heteroatoms. The van der Waals surface area contributed by atoms with E-state index in [1.54, 1.807) is 4.90 Å². The molecule has 0 spiro atoms. The Morgan fingerprint density at radius 1 is 1.33 bits per heavy atom. The van der Waals surface area contributed by atoms with Gasteiger partial charge < -0.3 is 15.3 Å². The van der Waals surface area contributed by atoms with Crippen LogP contribution in [0.25, 0.3) is 0 Å². The van der Waals surface area contributed by atoms with E-state index >= 15 is 0 Å². The van der Waals surface area contributed by atoms with E-state index in [1.165, 1.54) is 0 Å². The molecule has 2 rings (SSSR count). The van der Waals surface area contributed by atoms with Crippen LogP contribution in [0.4, 0.5) is 4.79 Å². The molecule has 1 atom stereocenters. The fraction of sp³-hybridized carbons (Fsp3) is 0.909. The molecule has 1 aliphatic carbocycles. The minimum atomic E-state index is -2.88. The maximum absolute atomic E-state index is 11.9. The molecule has 0 aromatic heterocycles. The smallest absolute Gasteiger partial charge is 0.317 e. The van der Waals surface area contributed by atoms with Crippen molar-refractivity contribution in [1.82, 2.24) is 10.2 Å². The van der Waals surface area contributed by atoms with Crippen LogP contribution in [0.2, 0.25) is 0 Å². The molecule has 2 N–H and O–H groups in total. The third-order valence-corrected chi connectivity index (χ3v) is 5.30. The Morgan fingerprint density at radius 2 is 2.06 bits per heavy atom. The van der Waals surface area contributed by atoms with Crippen molar-refractivity contribution >= 4 is 15.9 Å². The summed E-state index contributed by atoms with van der Waals surface area (Å²) >= 11 is 0. The maximum atomic E-state index is 11.9. The molecule has 0 radical (unpaired) electrons. The third-order valence-electron chi connectivity index (χ3n) is 3.46. The first-order valence-electron chi connectivity index (χ1n) is 6.37. The topological polar surface area (TPSA) is 86.7 Å². The van der Waals surface area contributed by atoms with Crippen LogP contribution >= 0.6 is 0 Å². The second-order valence-corrected chi connectivity index (χ2v) is 7.33. The summed E-state index contributed by atoms with van der Waals surface area (Å²) in [4.78, 5) is 13.5. The van der Waals surface area contributed by atoms with Crippen LogP contribution in [0, 0.1) is 5.92 Å². The van der Waals surface area contributed by atoms with Crippen LogP contribution in [-0.2, 0) is 9.84 Å². The molecule has 1 saturated heterocycles. The van der Waals surface area contributed by atoms with Gasteiger partial charge >= 0.3 is 6.03 Å². The van der Waals surface area contributed by atoms with Crippen molar-refractivity contribution < 1.29 is 18.3 Å². The number of carbonyl (C=O) groups excluding carboxylic acids is 1. The van der Waals surface area contributed by atoms with Crippen LogP contribution in [0.3, 0.4) is 0 Å². The zero-order valence-corrected chi connectivity index (χ0v) is 11.2. The van der Waals surface area contributed by atoms with Gasteiger partial charge in [0.1, 0.15) is 0 Å². The van der Waals surface area contributed by atoms with E-state index < -0.39 is 9.84 Å². The maximum Gasteiger partial charge on any atom is 0.317 e. The second kappa shape index (κ2) is 5.44. The Hall–Kier alpha value is -0.820. The van der Waals surface area contributed by atoms with E-state index in [2.05, 4.69) is 5.32 Å². The van der Waals surface area contributed by atoms with Crippen LogP contribution in [0.15, 0.2) is 0 Å². The Kier molecular flexibility index (Phi) is 4.11. The number of urea groups is 1. The van der Waals surface area contributed by atoms with Crippen molar-refractivity contribution in [2.24, 2.45) is 5.92 Å². The number of aliphatic hydroxyl groups is 1. The molecule has 2 amide bonds. The average molecular weight is 276 g/mol. The first kappa shape index (κ1) is 13.6. The summed E-state index contributed by atoms with van der Waals surface area (Å²) in [6.45, 7) is 0.716. The second-order valence-electron chi connectivity index (χ2n) is 5.10. The van der Waals surface area contributed by atoms with Gasteiger partial charge in [0.2, 0.25) is 0 Å². The zero-order valence-electron chi connectivity index (χ0n) is 10.3. The van der Waals surface area contributed by atoms with E-state index in [0.717, 1.165) is 12.8 Å². The summed E-state index contributed by atoms with van der Waals surface area (Å²) < 4.78 is 22.6. The fourth-order valence-electron chi connectivity index (χ4n) is 2.31. The molecule has 6 nitrogen and oxygen atoms in total. The number of hydrogen-bond acceptors (Lipinski definition) is 4. The SMILES string of the molecule is O=C(NC[C@@H]1CCS(=O)(=O)C1)N(CCO)C1CC1. The van der Waals surface area contributed by atoms with Gasteiger partial charge in [-0.1, -0.05) is 0 Å². The number of amides is 2. The van der Waals surface area contributed by atoms with Crippen molar-refractivity contribution in [3.05, 3.63) is 0 Å². The molecule has 0 aromatic carbocycles. The van der Waals surface area contributed by atoms with Gasteiger partial charge in [0, 0.05) is 19.1 Å². The summed E-state index contributed by atoms with van der Waals surface area (Å²) in [5.74, 6) is 0.446. The van der Waals surface area contributed by atoms with Crippen molar-refractivity contribution in [3.63, 3.8) is 0 Å². The highest BCUT2D eigenvalue weighted by atomic mass is 32.2. The standard InChI is InChI=1S/C11H20N2O4S/c14-5-4-13(10-1-2-10)11(15)12-7-9-3-6-18(16,17)8-9/h9-10,14H,1-8H2,(H,12,15)/t9-/m0/s1. The molecule has 0 bridgehead atoms. The van der Waals surface area contributed by atoms with Crippen LogP contribution < -0.4 is 5.32 Å². The summed E-state index contributed by atoms with van der Waals surface area (Å²) in [5.41, 5.74) is 0. The van der Waals surface area contributed by atoms with E-state index in [4.69, 9.17) is 5.11 Å². The molecular formula is C11H20N2O4S. The molecule has 104 valence electrons. The van der Waals surface area contributed by atoms with Gasteiger partial charge in [-0.25, -0.2) is 13.2 Å². The number of rotatable bonds is 5. The van der Waals surface area contributed by atoms with Gasteiger partial charge in [0.05, 0.1) is 18.1 Å². The highest BCUT2D eigenvalue weighted by molar-refractivity contribution is 7.91. The number of nitrogens with zero attached hydrogens (tertiary/aromatic N) is 1. The average Bonchev–Trinajstić information content (AvgIpc) is 3.08. The Labute approximate surface area is 107 Å². The normalized spacial score (nSPS) is 25.9. The lowest BCUT2D eigenvalue weighted by Crippen LogP contribution is -2.44. The van der Waals surface area contributed by atoms with Gasteiger partial charge in [-0.2, -0.15) is 0 Å². The predicted octanol–water partition coefficient (Wildman–Crippen LogP) is -0.413. The lowest BCUT2D eigenvalue weighted by Gasteiger charge is -2.22. The van der Waals surface area contributed by atoms with Crippen LogP contribution in [0.5, 0.6) is 0 Å². The van der Waals surface area contributed by atoms with E-state index in [-0.39, 0.29) is 36.1 Å². The largest absolute Gasteiger partial charge is 0.395 e. The third kappa shape index (κ3) is 3.58. The van der Waals surface area contributed by atoms with Gasteiger partial charge in [0.15, 0.2) is 9.84 Å². The first-order chi connectivity index (χ1) is 8.52. The Balaban J connectivity index is 1.77. The van der Waals surface area contributed by atoms with Crippen molar-refractivity contribution in [1.29, 1.82) is 0 Å². The minimum absolute atomic E-state index is 0.0362. The lowest BCUT2D eigenvalue weighted by atomic mass is 10.1. The van der Waals surface area contributed by atoms with Gasteiger partial charge in [-0.05, 0) is 25.2 Å². The van der Waals surface area contributed by atoms with Gasteiger partial charge in [-0.3, -0.25) is 0 Å². The summed E-state index contributed by atoms with van der Waals surface area (Å²) in [6.07, 6.45) is 2.61. The molecule has 1 heterocycles. The Bertz CT molecular complexity index is 405. The Morgan fingerprint density at radius 3 is 2.56 bits per heavy atom. The van der Waals surface area contributed by atoms with Crippen LogP contribution in [0.1, 0.15) is 19.3 Å². The fourth-order valence-corrected chi connectivity index (χ4v) is 4.17. The van der Waals surface area contributed by atoms with Crippen molar-refractivity contribution in [3.8, 4) is 0 Å². The number of hydrogen-bond donors (Lipinski definition) is 2. The highest BCUT2D eigenvalue weighted by Crippen LogP contribution is 2.26. The monoisotopic (exact) mass is 276 g/mol. The molecular weight excluding hydrogens is 256 g/mol. The van der Waals surface area contributed by atoms with E-state index in [9.17, 15) is 13.2 Å². The molecule has 18 heavy (non-hydrogen) atoms. The lowest BCUT2D eigenvalue weighted by molar-refractivity contribution is 0.172. The van der Waals surface area contributed by atoms with E-state index in [1.807, 2.05) is 0 Å². The molecule has 0 unspecified atom stereocenters. The molecule has 2 aliphatic rings. The quantitative estimate of drug-likeness (QED) is 0.714. The summed E-state index contributed by atoms with van der Waals surface area (Å²) in [7, 11) is -2.88. The number of carbonyl (C=O) groups is 1. The van der Waals surface area contributed by atoms with Crippen molar-refractivity contribution in [2.45, 2.75) is 25.3 Å². The van der Waals surface area contributed by atoms with E-state index in [0.29, 0.717) is 19.5 Å². The molecule has 0 aromatic rings. The van der Waals surface area contributed by atoms with Gasteiger partial charge in [0.25, 0.3) is 0 Å². The predicted molar refractivity (Wildman–Crippen MR) is 67.0 cm³/mol. The molecule has 1 aliphatic heterocycles. The number of aliphatic hydroxyl groups excluding tert-OH is 1. The number of sulfone groups is 1. The van der Waals surface area contributed by atoms with Crippen molar-refractivity contribution in [2.75, 3.05) is 31.2 Å². The summed E-state index contributed by atoms with van der Waals surface area (Å²) in [6, 6.07) is 0.0697.